The van der Waals surface area contributed by atoms with E-state index in [2.05, 4.69) is 29.9 Å². The molecular weight excluding hydrogens is 452 g/mol. The number of hydrogen-bond acceptors (Lipinski definition) is 9. The van der Waals surface area contributed by atoms with E-state index in [1.165, 1.54) is 13.4 Å². The second-order valence-electron chi connectivity index (χ2n) is 7.94. The quantitative estimate of drug-likeness (QED) is 0.378. The highest BCUT2D eigenvalue weighted by Crippen LogP contribution is 2.20. The normalized spacial score (nSPS) is 11.4. The van der Waals surface area contributed by atoms with Crippen molar-refractivity contribution in [1.82, 2.24) is 29.9 Å². The Kier molecular flexibility index (Phi) is 6.87. The van der Waals surface area contributed by atoms with Gasteiger partial charge in [-0.15, -0.1) is 0 Å². The maximum atomic E-state index is 11.8. The molecule has 0 fully saturated rings. The molecule has 0 aromatic carbocycles. The molecule has 174 valence electrons. The average Bonchev–Trinajstić information content (AvgIpc) is 2.79. The number of pyridine rings is 2. The summed E-state index contributed by atoms with van der Waals surface area (Å²) in [5.41, 5.74) is 4.56. The van der Waals surface area contributed by atoms with Crippen LogP contribution in [-0.4, -0.2) is 51.7 Å². The number of rotatable bonds is 8. The van der Waals surface area contributed by atoms with Gasteiger partial charge in [-0.25, -0.2) is 38.3 Å². The minimum absolute atomic E-state index is 0.149. The van der Waals surface area contributed by atoms with Crippen molar-refractivity contribution in [2.45, 2.75) is 25.5 Å². The van der Waals surface area contributed by atoms with Crippen LogP contribution in [0.2, 0.25) is 0 Å². The molecule has 0 aliphatic carbocycles. The van der Waals surface area contributed by atoms with Crippen LogP contribution in [0.3, 0.4) is 0 Å². The molecule has 0 aliphatic rings. The van der Waals surface area contributed by atoms with Gasteiger partial charge in [-0.3, -0.25) is 0 Å². The lowest BCUT2D eigenvalue weighted by Gasteiger charge is -2.09. The van der Waals surface area contributed by atoms with Crippen molar-refractivity contribution >= 4 is 9.84 Å². The third-order valence-electron chi connectivity index (χ3n) is 4.91. The molecule has 0 N–H and O–H groups in total. The Morgan fingerprint density at radius 1 is 0.912 bits per heavy atom. The highest BCUT2D eigenvalue weighted by Gasteiger charge is 2.14. The summed E-state index contributed by atoms with van der Waals surface area (Å²) >= 11 is 0. The monoisotopic (exact) mass is 476 g/mol. The van der Waals surface area contributed by atoms with Gasteiger partial charge in [0.25, 0.3) is 0 Å². The van der Waals surface area contributed by atoms with Gasteiger partial charge >= 0.3 is 0 Å². The second kappa shape index (κ2) is 10.0. The number of methoxy groups -OCH3 is 1. The summed E-state index contributed by atoms with van der Waals surface area (Å²) < 4.78 is 28.7. The smallest absolute Gasteiger partial charge is 0.217 e. The summed E-state index contributed by atoms with van der Waals surface area (Å²) in [4.78, 5) is 26.8. The fourth-order valence-corrected chi connectivity index (χ4v) is 4.26. The molecule has 0 radical (unpaired) electrons. The second-order valence-corrected chi connectivity index (χ2v) is 10.1. The summed E-state index contributed by atoms with van der Waals surface area (Å²) in [7, 11) is -1.77. The molecule has 4 heterocycles. The number of aromatic nitrogens is 6. The molecule has 9 nitrogen and oxygen atoms in total. The Balaban J connectivity index is 1.53. The van der Waals surface area contributed by atoms with Crippen LogP contribution in [0.4, 0.5) is 0 Å². The lowest BCUT2D eigenvalue weighted by atomic mass is 10.1. The zero-order valence-electron chi connectivity index (χ0n) is 19.1. The number of hydrogen-bond donors (Lipinski definition) is 0. The highest BCUT2D eigenvalue weighted by atomic mass is 32.2. The first-order valence-corrected chi connectivity index (χ1v) is 12.6. The van der Waals surface area contributed by atoms with Crippen molar-refractivity contribution in [2.24, 2.45) is 0 Å². The summed E-state index contributed by atoms with van der Waals surface area (Å²) in [6, 6.07) is 11.2. The third-order valence-corrected chi connectivity index (χ3v) is 5.75. The SMILES string of the molecule is COc1ncc(Cc2nccc(Cc3ccnc(-c4cccc(C)n4)n3)n2)cc1CS(C)(=O)=O. The van der Waals surface area contributed by atoms with Crippen molar-refractivity contribution in [3.05, 3.63) is 89.0 Å². The zero-order valence-corrected chi connectivity index (χ0v) is 20.0. The molecule has 0 spiro atoms. The highest BCUT2D eigenvalue weighted by molar-refractivity contribution is 7.89. The van der Waals surface area contributed by atoms with E-state index in [-0.39, 0.29) is 5.75 Å². The lowest BCUT2D eigenvalue weighted by molar-refractivity contribution is 0.393. The van der Waals surface area contributed by atoms with Crippen LogP contribution < -0.4 is 4.74 Å². The summed E-state index contributed by atoms with van der Waals surface area (Å²) in [5, 5.41) is 0. The van der Waals surface area contributed by atoms with Crippen LogP contribution >= 0.6 is 0 Å². The first-order valence-electron chi connectivity index (χ1n) is 10.6. The van der Waals surface area contributed by atoms with Crippen LogP contribution in [0.15, 0.2) is 55.0 Å². The third kappa shape index (κ3) is 6.16. The van der Waals surface area contributed by atoms with Crippen LogP contribution in [0.5, 0.6) is 5.88 Å². The zero-order chi connectivity index (χ0) is 24.1. The average molecular weight is 477 g/mol. The number of aryl methyl sites for hydroxylation is 1. The molecule has 4 rings (SSSR count). The molecule has 4 aromatic heterocycles. The van der Waals surface area contributed by atoms with E-state index in [1.807, 2.05) is 37.3 Å². The molecule has 0 bridgehead atoms. The maximum Gasteiger partial charge on any atom is 0.217 e. The number of sulfone groups is 1. The topological polar surface area (TPSA) is 121 Å². The Hall–Kier alpha value is -3.79. The standard InChI is InChI=1S/C24H24N6O3S/c1-16-5-4-6-21(28-16)23-26-10-8-20(30-23)13-19-7-9-25-22(29-19)12-17-11-18(15-34(3,31)32)24(33-2)27-14-17/h4-11,14H,12-13,15H2,1-3H3. The molecule has 34 heavy (non-hydrogen) atoms. The van der Waals surface area contributed by atoms with Crippen molar-refractivity contribution in [1.29, 1.82) is 0 Å². The Labute approximate surface area is 198 Å². The van der Waals surface area contributed by atoms with Crippen molar-refractivity contribution in [2.75, 3.05) is 13.4 Å². The molecule has 0 amide bonds. The van der Waals surface area contributed by atoms with Crippen molar-refractivity contribution in [3.8, 4) is 17.4 Å². The van der Waals surface area contributed by atoms with E-state index in [0.717, 1.165) is 28.3 Å². The predicted molar refractivity (Wildman–Crippen MR) is 127 cm³/mol. The van der Waals surface area contributed by atoms with E-state index < -0.39 is 9.84 Å². The van der Waals surface area contributed by atoms with E-state index in [1.54, 1.807) is 24.7 Å². The number of ether oxygens (including phenoxy) is 1. The van der Waals surface area contributed by atoms with Gasteiger partial charge in [0, 0.05) is 48.9 Å². The Morgan fingerprint density at radius 2 is 1.68 bits per heavy atom. The van der Waals surface area contributed by atoms with Gasteiger partial charge in [0.05, 0.1) is 24.3 Å². The van der Waals surface area contributed by atoms with Gasteiger partial charge in [0.2, 0.25) is 5.88 Å². The minimum atomic E-state index is -3.23. The molecular formula is C24H24N6O3S. The summed E-state index contributed by atoms with van der Waals surface area (Å²) in [6.45, 7) is 1.93. The van der Waals surface area contributed by atoms with Gasteiger partial charge in [-0.2, -0.15) is 0 Å². The molecule has 0 unspecified atom stereocenters. The van der Waals surface area contributed by atoms with Gasteiger partial charge in [0.1, 0.15) is 11.5 Å². The Bertz CT molecular complexity index is 1430. The van der Waals surface area contributed by atoms with Crippen molar-refractivity contribution < 1.29 is 13.2 Å². The predicted octanol–water partition coefficient (Wildman–Crippen LogP) is 2.77. The van der Waals surface area contributed by atoms with E-state index in [4.69, 9.17) is 4.74 Å². The molecule has 0 saturated carbocycles. The van der Waals surface area contributed by atoms with E-state index in [0.29, 0.717) is 35.9 Å². The number of nitrogens with zero attached hydrogens (tertiary/aromatic N) is 6. The van der Waals surface area contributed by atoms with Crippen LogP contribution in [0, 0.1) is 6.92 Å². The fraction of sp³-hybridized carbons (Fsp3) is 0.250. The molecule has 0 atom stereocenters. The molecule has 10 heteroatoms. The van der Waals surface area contributed by atoms with Crippen LogP contribution in [0.1, 0.15) is 34.0 Å². The van der Waals surface area contributed by atoms with Gasteiger partial charge in [-0.05, 0) is 42.8 Å². The molecule has 0 saturated heterocycles. The largest absolute Gasteiger partial charge is 0.481 e. The van der Waals surface area contributed by atoms with Crippen LogP contribution in [-0.2, 0) is 28.4 Å². The molecule has 4 aromatic rings. The van der Waals surface area contributed by atoms with Gasteiger partial charge in [-0.1, -0.05) is 6.07 Å². The minimum Gasteiger partial charge on any atom is -0.481 e. The Morgan fingerprint density at radius 3 is 2.41 bits per heavy atom. The first-order chi connectivity index (χ1) is 16.3. The first kappa shape index (κ1) is 23.4. The van der Waals surface area contributed by atoms with Crippen LogP contribution in [0.25, 0.3) is 11.5 Å². The lowest BCUT2D eigenvalue weighted by Crippen LogP contribution is -2.06. The maximum absolute atomic E-state index is 11.8. The molecule has 0 aliphatic heterocycles. The summed E-state index contributed by atoms with van der Waals surface area (Å²) in [6.07, 6.45) is 7.17. The van der Waals surface area contributed by atoms with E-state index >= 15 is 0 Å². The summed E-state index contributed by atoms with van der Waals surface area (Å²) in [5.74, 6) is 1.32. The fourth-order valence-electron chi connectivity index (χ4n) is 3.49. The van der Waals surface area contributed by atoms with Gasteiger partial charge in [0.15, 0.2) is 15.7 Å². The van der Waals surface area contributed by atoms with E-state index in [9.17, 15) is 8.42 Å². The van der Waals surface area contributed by atoms with Gasteiger partial charge < -0.3 is 4.74 Å². The van der Waals surface area contributed by atoms with Crippen molar-refractivity contribution in [3.63, 3.8) is 0 Å².